The van der Waals surface area contributed by atoms with E-state index in [0.29, 0.717) is 0 Å². The minimum Gasteiger partial charge on any atom is -0.0761 e. The molecule has 0 nitrogen and oxygen atoms in total. The van der Waals surface area contributed by atoms with Crippen molar-refractivity contribution in [3.63, 3.8) is 0 Å². The molecule has 2 aromatic rings. The van der Waals surface area contributed by atoms with Crippen LogP contribution in [0, 0.1) is 15.9 Å². The molecule has 0 N–H and O–H groups in total. The van der Waals surface area contributed by atoms with Crippen molar-refractivity contribution in [2.45, 2.75) is 100 Å². The first-order chi connectivity index (χ1) is 15.5. The van der Waals surface area contributed by atoms with Crippen molar-refractivity contribution in [1.82, 2.24) is 0 Å². The largest absolute Gasteiger partial charge is 0.0761 e. The summed E-state index contributed by atoms with van der Waals surface area (Å²) in [5, 5.41) is 5.36. The van der Waals surface area contributed by atoms with Crippen LogP contribution < -0.4 is 10.4 Å². The highest BCUT2D eigenvalue weighted by molar-refractivity contribution is 5.84. The molecule has 0 amide bonds. The Morgan fingerprint density at radius 2 is 1.44 bits per heavy atom. The first kappa shape index (κ1) is 24.8. The Bertz CT molecular complexity index is 1460. The maximum absolute atomic E-state index is 3.88. The summed E-state index contributed by atoms with van der Waals surface area (Å²) in [6.45, 7) is 27.9. The predicted octanol–water partition coefficient (Wildman–Crippen LogP) is 7.93. The van der Waals surface area contributed by atoms with Gasteiger partial charge in [0.25, 0.3) is 0 Å². The molecule has 0 saturated heterocycles. The van der Waals surface area contributed by atoms with Crippen LogP contribution in [0.25, 0.3) is 17.2 Å². The molecular weight excluding hydrogens is 408 g/mol. The van der Waals surface area contributed by atoms with Gasteiger partial charge >= 0.3 is 0 Å². The van der Waals surface area contributed by atoms with Crippen LogP contribution in [-0.2, 0) is 10.8 Å². The van der Waals surface area contributed by atoms with Crippen molar-refractivity contribution in [3.05, 3.63) is 84.6 Å². The summed E-state index contributed by atoms with van der Waals surface area (Å²) in [5.41, 5.74) is 11.7. The summed E-state index contributed by atoms with van der Waals surface area (Å²) in [4.78, 5) is 0. The molecule has 1 radical (unpaired) electrons. The summed E-state index contributed by atoms with van der Waals surface area (Å²) in [6.07, 6.45) is 7.35. The normalized spacial score (nSPS) is 15.8. The second-order valence-corrected chi connectivity index (χ2v) is 13.7. The van der Waals surface area contributed by atoms with Crippen molar-refractivity contribution >= 4 is 17.2 Å². The smallest absolute Gasteiger partial charge is 0.000730 e. The highest BCUT2D eigenvalue weighted by Gasteiger charge is 2.29. The summed E-state index contributed by atoms with van der Waals surface area (Å²) in [5.74, 6) is 0. The van der Waals surface area contributed by atoms with Gasteiger partial charge in [-0.15, -0.1) is 0 Å². The molecule has 2 aliphatic rings. The third kappa shape index (κ3) is 4.04. The average Bonchev–Trinajstić information content (AvgIpc) is 3.24. The van der Waals surface area contributed by atoms with E-state index >= 15 is 0 Å². The standard InChI is InChI=1S/C34H43/c1-20(2)30-29(34(10,11)12)19-26-25-18-23(32(4,5)6)14-13-22(25)17-27(26)31(30)24-15-16-28(21(24)3)33(7,8)9/h13-14,16,18-19H,15H2,1-12H3. The molecule has 0 bridgehead atoms. The molecule has 0 atom stereocenters. The molecule has 0 aromatic heterocycles. The molecule has 0 unspecified atom stereocenters. The van der Waals surface area contributed by atoms with Gasteiger partial charge in [-0.3, -0.25) is 0 Å². The molecule has 0 spiro atoms. The second-order valence-electron chi connectivity index (χ2n) is 13.7. The molecule has 179 valence electrons. The average molecular weight is 452 g/mol. The van der Waals surface area contributed by atoms with E-state index in [1.807, 2.05) is 0 Å². The predicted molar refractivity (Wildman–Crippen MR) is 149 cm³/mol. The van der Waals surface area contributed by atoms with Crippen LogP contribution in [0.5, 0.6) is 0 Å². The van der Waals surface area contributed by atoms with E-state index in [2.05, 4.69) is 120 Å². The lowest BCUT2D eigenvalue weighted by Crippen LogP contribution is -2.28. The molecule has 0 fully saturated rings. The van der Waals surface area contributed by atoms with Crippen molar-refractivity contribution in [1.29, 1.82) is 0 Å². The quantitative estimate of drug-likeness (QED) is 0.352. The Morgan fingerprint density at radius 3 is 1.94 bits per heavy atom. The van der Waals surface area contributed by atoms with Gasteiger partial charge in [0.15, 0.2) is 0 Å². The van der Waals surface area contributed by atoms with Crippen LogP contribution in [0.15, 0.2) is 41.5 Å². The maximum Gasteiger partial charge on any atom is -0.000730 e. The third-order valence-corrected chi connectivity index (χ3v) is 7.55. The van der Waals surface area contributed by atoms with E-state index in [-0.39, 0.29) is 16.2 Å². The molecule has 0 saturated carbocycles. The molecule has 0 aliphatic heterocycles. The lowest BCUT2D eigenvalue weighted by Gasteiger charge is -2.26. The van der Waals surface area contributed by atoms with Crippen LogP contribution in [0.1, 0.15) is 112 Å². The number of hydrogen-bond donors (Lipinski definition) is 0. The van der Waals surface area contributed by atoms with E-state index in [1.54, 1.807) is 0 Å². The zero-order valence-corrected chi connectivity index (χ0v) is 23.6. The number of benzene rings is 2. The fourth-order valence-corrected chi connectivity index (χ4v) is 5.75. The SMILES string of the molecule is CC1=C(c2c3c(cc(C(C)(C)C)c2=C(C)C)=c2cc(C(C)(C)C)ccc2=[C]3)CC=C1C(C)(C)C. The van der Waals surface area contributed by atoms with Gasteiger partial charge < -0.3 is 0 Å². The Morgan fingerprint density at radius 1 is 0.794 bits per heavy atom. The van der Waals surface area contributed by atoms with Crippen molar-refractivity contribution in [2.75, 3.05) is 0 Å². The highest BCUT2D eigenvalue weighted by atomic mass is 14.3. The van der Waals surface area contributed by atoms with Gasteiger partial charge in [0.05, 0.1) is 0 Å². The van der Waals surface area contributed by atoms with Crippen molar-refractivity contribution in [2.24, 2.45) is 5.41 Å². The molecule has 4 rings (SSSR count). The minimum absolute atomic E-state index is 0.0497. The summed E-state index contributed by atoms with van der Waals surface area (Å²) in [6, 6.07) is 9.48. The Kier molecular flexibility index (Phi) is 5.71. The van der Waals surface area contributed by atoms with Gasteiger partial charge in [-0.05, 0) is 121 Å². The van der Waals surface area contributed by atoms with E-state index in [1.165, 1.54) is 65.4 Å². The topological polar surface area (TPSA) is 0 Å². The minimum atomic E-state index is 0.0497. The van der Waals surface area contributed by atoms with Crippen LogP contribution >= 0.6 is 0 Å². The van der Waals surface area contributed by atoms with Crippen molar-refractivity contribution < 1.29 is 0 Å². The van der Waals surface area contributed by atoms with Gasteiger partial charge in [-0.1, -0.05) is 86.1 Å². The van der Waals surface area contributed by atoms with Gasteiger partial charge in [-0.25, -0.2) is 0 Å². The van der Waals surface area contributed by atoms with E-state index in [4.69, 9.17) is 0 Å². The lowest BCUT2D eigenvalue weighted by atomic mass is 9.78. The molecule has 2 aliphatic carbocycles. The summed E-state index contributed by atoms with van der Waals surface area (Å²) in [7, 11) is 0. The summed E-state index contributed by atoms with van der Waals surface area (Å²) < 4.78 is 0. The van der Waals surface area contributed by atoms with Crippen molar-refractivity contribution in [3.8, 4) is 0 Å². The Balaban J connectivity index is 2.23. The third-order valence-electron chi connectivity index (χ3n) is 7.55. The fraction of sp³-hybridized carbons (Fsp3) is 0.471. The molecular formula is C34H43. The molecule has 0 heteroatoms. The van der Waals surface area contributed by atoms with Gasteiger partial charge in [-0.2, -0.15) is 0 Å². The van der Waals surface area contributed by atoms with E-state index in [0.717, 1.165) is 6.42 Å². The zero-order valence-electron chi connectivity index (χ0n) is 23.6. The fourth-order valence-electron chi connectivity index (χ4n) is 5.75. The maximum atomic E-state index is 3.88. The number of allylic oxidation sites excluding steroid dienone is 4. The molecule has 34 heavy (non-hydrogen) atoms. The lowest BCUT2D eigenvalue weighted by molar-refractivity contribution is 0.512. The summed E-state index contributed by atoms with van der Waals surface area (Å²) >= 11 is 0. The number of rotatable bonds is 1. The Labute approximate surface area is 207 Å². The monoisotopic (exact) mass is 451 g/mol. The number of fused-ring (bicyclic) bond motifs is 2. The first-order valence-electron chi connectivity index (χ1n) is 12.9. The van der Waals surface area contributed by atoms with Gasteiger partial charge in [0.1, 0.15) is 0 Å². The molecule has 0 heterocycles. The Hall–Kier alpha value is -2.34. The highest BCUT2D eigenvalue weighted by Crippen LogP contribution is 2.43. The van der Waals surface area contributed by atoms with Crippen LogP contribution in [0.4, 0.5) is 0 Å². The van der Waals surface area contributed by atoms with Crippen LogP contribution in [-0.4, -0.2) is 0 Å². The zero-order chi connectivity index (χ0) is 25.4. The van der Waals surface area contributed by atoms with E-state index in [9.17, 15) is 0 Å². The van der Waals surface area contributed by atoms with Crippen LogP contribution in [0.3, 0.4) is 0 Å². The van der Waals surface area contributed by atoms with Gasteiger partial charge in [0.2, 0.25) is 0 Å². The second kappa shape index (κ2) is 7.84. The van der Waals surface area contributed by atoms with Crippen LogP contribution in [0.2, 0.25) is 0 Å². The van der Waals surface area contributed by atoms with Gasteiger partial charge in [0, 0.05) is 0 Å². The molecule has 2 aromatic carbocycles. The van der Waals surface area contributed by atoms with E-state index < -0.39 is 0 Å². The number of hydrogen-bond acceptors (Lipinski definition) is 0. The first-order valence-corrected chi connectivity index (χ1v) is 12.9.